The lowest BCUT2D eigenvalue weighted by Gasteiger charge is -2.26. The molecule has 1 aliphatic rings. The van der Waals surface area contributed by atoms with Gasteiger partial charge in [-0.15, -0.1) is 0 Å². The van der Waals surface area contributed by atoms with Crippen LogP contribution in [-0.2, 0) is 5.41 Å². The minimum Gasteiger partial charge on any atom is -0.384 e. The summed E-state index contributed by atoms with van der Waals surface area (Å²) in [5, 5.41) is 3.50. The van der Waals surface area contributed by atoms with Crippen molar-refractivity contribution in [1.29, 1.82) is 0 Å². The number of anilines is 1. The van der Waals surface area contributed by atoms with Crippen LogP contribution in [0, 0.1) is 0 Å². The summed E-state index contributed by atoms with van der Waals surface area (Å²) in [5.41, 5.74) is 3.16. The van der Waals surface area contributed by atoms with Crippen molar-refractivity contribution in [2.75, 3.05) is 11.9 Å². The lowest BCUT2D eigenvalue weighted by molar-refractivity contribution is 0.437. The molecular weight excluding hydrogens is 238 g/mol. The molecule has 1 N–H and O–H groups in total. The summed E-state index contributed by atoms with van der Waals surface area (Å²) in [6, 6.07) is 6.54. The van der Waals surface area contributed by atoms with E-state index in [1.807, 2.05) is 0 Å². The molecule has 1 aliphatic heterocycles. The Labute approximate surface area is 94.0 Å². The van der Waals surface area contributed by atoms with Crippen LogP contribution in [0.4, 0.5) is 5.69 Å². The molecule has 1 aromatic rings. The number of fused-ring (bicyclic) bond motifs is 1. The zero-order chi connectivity index (χ0) is 10.2. The average molecular weight is 254 g/mol. The monoisotopic (exact) mass is 253 g/mol. The standard InChI is InChI=1S/C12H16BrN/c1-3-12(4-2)8-14-11-6-5-9(13)7-10(11)12/h5-7,14H,3-4,8H2,1-2H3. The van der Waals surface area contributed by atoms with Crippen LogP contribution in [0.15, 0.2) is 22.7 Å². The molecular formula is C12H16BrN. The first-order valence-corrected chi connectivity index (χ1v) is 6.05. The molecule has 1 heterocycles. The van der Waals surface area contributed by atoms with Crippen LogP contribution in [0.3, 0.4) is 0 Å². The lowest BCUT2D eigenvalue weighted by Crippen LogP contribution is -2.26. The van der Waals surface area contributed by atoms with E-state index in [9.17, 15) is 0 Å². The van der Waals surface area contributed by atoms with Crippen molar-refractivity contribution in [3.63, 3.8) is 0 Å². The maximum absolute atomic E-state index is 3.55. The Morgan fingerprint density at radius 3 is 2.71 bits per heavy atom. The second-order valence-corrected chi connectivity index (χ2v) is 4.95. The van der Waals surface area contributed by atoms with Crippen LogP contribution < -0.4 is 5.32 Å². The van der Waals surface area contributed by atoms with E-state index in [1.165, 1.54) is 28.6 Å². The van der Waals surface area contributed by atoms with E-state index in [1.54, 1.807) is 0 Å². The fourth-order valence-corrected chi connectivity index (χ4v) is 2.71. The molecule has 0 radical (unpaired) electrons. The maximum Gasteiger partial charge on any atom is 0.0380 e. The molecule has 76 valence electrons. The van der Waals surface area contributed by atoms with Gasteiger partial charge in [0.05, 0.1) is 0 Å². The summed E-state index contributed by atoms with van der Waals surface area (Å²) in [6.07, 6.45) is 2.42. The van der Waals surface area contributed by atoms with Crippen LogP contribution >= 0.6 is 15.9 Å². The second-order valence-electron chi connectivity index (χ2n) is 4.03. The molecule has 0 aromatic heterocycles. The molecule has 0 saturated carbocycles. The van der Waals surface area contributed by atoms with Crippen molar-refractivity contribution >= 4 is 21.6 Å². The van der Waals surface area contributed by atoms with E-state index in [0.29, 0.717) is 5.41 Å². The highest BCUT2D eigenvalue weighted by Gasteiger charge is 2.35. The lowest BCUT2D eigenvalue weighted by atomic mass is 9.78. The molecule has 1 nitrogen and oxygen atoms in total. The fraction of sp³-hybridized carbons (Fsp3) is 0.500. The van der Waals surface area contributed by atoms with Crippen LogP contribution in [-0.4, -0.2) is 6.54 Å². The summed E-state index contributed by atoms with van der Waals surface area (Å²) in [5.74, 6) is 0. The molecule has 2 heteroatoms. The van der Waals surface area contributed by atoms with Crippen LogP contribution in [0.5, 0.6) is 0 Å². The van der Waals surface area contributed by atoms with Crippen molar-refractivity contribution < 1.29 is 0 Å². The minimum absolute atomic E-state index is 0.360. The highest BCUT2D eigenvalue weighted by atomic mass is 79.9. The molecule has 0 saturated heterocycles. The summed E-state index contributed by atoms with van der Waals surface area (Å²) in [4.78, 5) is 0. The second kappa shape index (κ2) is 3.58. The molecule has 0 amide bonds. The average Bonchev–Trinajstić information content (AvgIpc) is 2.57. The quantitative estimate of drug-likeness (QED) is 0.843. The normalized spacial score (nSPS) is 17.6. The van der Waals surface area contributed by atoms with Crippen LogP contribution in [0.25, 0.3) is 0 Å². The topological polar surface area (TPSA) is 12.0 Å². The molecule has 2 rings (SSSR count). The summed E-state index contributed by atoms with van der Waals surface area (Å²) < 4.78 is 1.19. The van der Waals surface area contributed by atoms with Crippen molar-refractivity contribution in [3.05, 3.63) is 28.2 Å². The summed E-state index contributed by atoms with van der Waals surface area (Å²) in [6.45, 7) is 5.65. The van der Waals surface area contributed by atoms with Gasteiger partial charge in [-0.25, -0.2) is 0 Å². The fourth-order valence-electron chi connectivity index (χ4n) is 2.35. The van der Waals surface area contributed by atoms with Crippen molar-refractivity contribution in [1.82, 2.24) is 0 Å². The van der Waals surface area contributed by atoms with Gasteiger partial charge in [0.25, 0.3) is 0 Å². The highest BCUT2D eigenvalue weighted by Crippen LogP contribution is 2.42. The van der Waals surface area contributed by atoms with Crippen LogP contribution in [0.1, 0.15) is 32.3 Å². The molecule has 0 spiro atoms. The molecule has 0 fully saturated rings. The minimum atomic E-state index is 0.360. The van der Waals surface area contributed by atoms with Gasteiger partial charge < -0.3 is 5.32 Å². The van der Waals surface area contributed by atoms with Gasteiger partial charge in [0, 0.05) is 22.1 Å². The van der Waals surface area contributed by atoms with E-state index in [2.05, 4.69) is 53.3 Å². The number of halogens is 1. The van der Waals surface area contributed by atoms with Gasteiger partial charge >= 0.3 is 0 Å². The number of nitrogens with one attached hydrogen (secondary N) is 1. The van der Waals surface area contributed by atoms with Gasteiger partial charge in [0.2, 0.25) is 0 Å². The Kier molecular flexibility index (Phi) is 2.56. The Morgan fingerprint density at radius 1 is 1.36 bits per heavy atom. The smallest absolute Gasteiger partial charge is 0.0380 e. The zero-order valence-electron chi connectivity index (χ0n) is 8.73. The Morgan fingerprint density at radius 2 is 2.07 bits per heavy atom. The predicted molar refractivity (Wildman–Crippen MR) is 64.9 cm³/mol. The van der Waals surface area contributed by atoms with Crippen LogP contribution in [0.2, 0.25) is 0 Å². The zero-order valence-corrected chi connectivity index (χ0v) is 10.3. The molecule has 1 aromatic carbocycles. The SMILES string of the molecule is CCC1(CC)CNc2ccc(Br)cc21. The van der Waals surface area contributed by atoms with Gasteiger partial charge in [-0.05, 0) is 36.6 Å². The first-order chi connectivity index (χ1) is 6.72. The molecule has 0 atom stereocenters. The van der Waals surface area contributed by atoms with E-state index >= 15 is 0 Å². The number of hydrogen-bond acceptors (Lipinski definition) is 1. The molecule has 0 aliphatic carbocycles. The van der Waals surface area contributed by atoms with Crippen molar-refractivity contribution in [2.24, 2.45) is 0 Å². The van der Waals surface area contributed by atoms with E-state index in [0.717, 1.165) is 6.54 Å². The maximum atomic E-state index is 3.55. The van der Waals surface area contributed by atoms with E-state index in [4.69, 9.17) is 0 Å². The third kappa shape index (κ3) is 1.36. The van der Waals surface area contributed by atoms with Crippen molar-refractivity contribution in [2.45, 2.75) is 32.1 Å². The van der Waals surface area contributed by atoms with E-state index < -0.39 is 0 Å². The highest BCUT2D eigenvalue weighted by molar-refractivity contribution is 9.10. The Hall–Kier alpha value is -0.500. The Balaban J connectivity index is 2.51. The third-order valence-electron chi connectivity index (χ3n) is 3.52. The Bertz CT molecular complexity index is 342. The molecule has 14 heavy (non-hydrogen) atoms. The van der Waals surface area contributed by atoms with Gasteiger partial charge in [-0.2, -0.15) is 0 Å². The van der Waals surface area contributed by atoms with Gasteiger partial charge in [0.15, 0.2) is 0 Å². The molecule has 0 bridgehead atoms. The number of hydrogen-bond donors (Lipinski definition) is 1. The number of rotatable bonds is 2. The summed E-state index contributed by atoms with van der Waals surface area (Å²) >= 11 is 3.55. The third-order valence-corrected chi connectivity index (χ3v) is 4.02. The van der Waals surface area contributed by atoms with Gasteiger partial charge in [0.1, 0.15) is 0 Å². The van der Waals surface area contributed by atoms with E-state index in [-0.39, 0.29) is 0 Å². The van der Waals surface area contributed by atoms with Crippen molar-refractivity contribution in [3.8, 4) is 0 Å². The predicted octanol–water partition coefficient (Wildman–Crippen LogP) is 3.93. The van der Waals surface area contributed by atoms with Gasteiger partial charge in [-0.3, -0.25) is 0 Å². The first kappa shape index (κ1) is 10.0. The number of benzene rings is 1. The van der Waals surface area contributed by atoms with Gasteiger partial charge in [-0.1, -0.05) is 29.8 Å². The first-order valence-electron chi connectivity index (χ1n) is 5.26. The largest absolute Gasteiger partial charge is 0.384 e. The summed E-state index contributed by atoms with van der Waals surface area (Å²) in [7, 11) is 0. The molecule has 0 unspecified atom stereocenters.